The van der Waals surface area contributed by atoms with Gasteiger partial charge in [0.1, 0.15) is 6.29 Å². The van der Waals surface area contributed by atoms with Crippen LogP contribution >= 0.6 is 0 Å². The largest absolute Gasteiger partial charge is 0.352 e. The fourth-order valence-electron chi connectivity index (χ4n) is 2.59. The van der Waals surface area contributed by atoms with Crippen molar-refractivity contribution in [1.29, 1.82) is 0 Å². The number of rotatable bonds is 6. The van der Waals surface area contributed by atoms with Gasteiger partial charge in [-0.3, -0.25) is 4.79 Å². The fourth-order valence-corrected chi connectivity index (χ4v) is 2.59. The molecule has 0 aliphatic carbocycles. The average molecular weight is 318 g/mol. The van der Waals surface area contributed by atoms with Gasteiger partial charge < -0.3 is 14.7 Å². The van der Waals surface area contributed by atoms with E-state index in [1.54, 1.807) is 6.20 Å². The second-order valence-corrected chi connectivity index (χ2v) is 5.46. The van der Waals surface area contributed by atoms with E-state index in [9.17, 15) is 9.59 Å². The molecule has 0 spiro atoms. The van der Waals surface area contributed by atoms with Crippen LogP contribution in [0.4, 0.5) is 5.69 Å². The number of carbonyl (C=O) groups excluding carboxylic acids is 2. The standard InChI is InChI=1S/C20H18N2O2/c23-13-7-12-22-14-18(16-8-3-1-4-9-16)19(15-22)20(24)21-17-10-5-2-6-11-17/h1-6,8-11,13-15H,7,12H2,(H,21,24). The Morgan fingerprint density at radius 1 is 0.958 bits per heavy atom. The van der Waals surface area contributed by atoms with Crippen molar-refractivity contribution in [2.24, 2.45) is 0 Å². The summed E-state index contributed by atoms with van der Waals surface area (Å²) in [6.45, 7) is 0.557. The van der Waals surface area contributed by atoms with Gasteiger partial charge in [0, 0.05) is 36.6 Å². The molecule has 0 radical (unpaired) electrons. The number of carbonyl (C=O) groups is 2. The minimum Gasteiger partial charge on any atom is -0.352 e. The van der Waals surface area contributed by atoms with Crippen molar-refractivity contribution in [2.45, 2.75) is 13.0 Å². The van der Waals surface area contributed by atoms with Gasteiger partial charge in [0.25, 0.3) is 5.91 Å². The first-order chi connectivity index (χ1) is 11.8. The van der Waals surface area contributed by atoms with Crippen LogP contribution in [-0.4, -0.2) is 16.8 Å². The van der Waals surface area contributed by atoms with Crippen LogP contribution < -0.4 is 5.32 Å². The molecule has 0 saturated carbocycles. The molecule has 0 aliphatic rings. The van der Waals surface area contributed by atoms with Gasteiger partial charge in [-0.2, -0.15) is 0 Å². The molecule has 24 heavy (non-hydrogen) atoms. The van der Waals surface area contributed by atoms with Crippen LogP contribution in [0.1, 0.15) is 16.8 Å². The molecule has 1 aromatic heterocycles. The Bertz CT molecular complexity index is 823. The van der Waals surface area contributed by atoms with E-state index in [4.69, 9.17) is 0 Å². The third-order valence-electron chi connectivity index (χ3n) is 3.75. The van der Waals surface area contributed by atoms with Gasteiger partial charge in [0.05, 0.1) is 5.56 Å². The highest BCUT2D eigenvalue weighted by Crippen LogP contribution is 2.26. The van der Waals surface area contributed by atoms with E-state index in [0.717, 1.165) is 23.1 Å². The molecule has 4 nitrogen and oxygen atoms in total. The van der Waals surface area contributed by atoms with Crippen molar-refractivity contribution >= 4 is 17.9 Å². The highest BCUT2D eigenvalue weighted by atomic mass is 16.1. The minimum atomic E-state index is -0.162. The van der Waals surface area contributed by atoms with Crippen LogP contribution in [-0.2, 0) is 11.3 Å². The Balaban J connectivity index is 1.94. The molecule has 2 aromatic carbocycles. The second-order valence-electron chi connectivity index (χ2n) is 5.46. The monoisotopic (exact) mass is 318 g/mol. The first kappa shape index (κ1) is 15.7. The van der Waals surface area contributed by atoms with Gasteiger partial charge in [0.15, 0.2) is 0 Å². The first-order valence-corrected chi connectivity index (χ1v) is 7.83. The number of nitrogens with one attached hydrogen (secondary N) is 1. The summed E-state index contributed by atoms with van der Waals surface area (Å²) in [6.07, 6.45) is 5.01. The van der Waals surface area contributed by atoms with Crippen molar-refractivity contribution in [3.63, 3.8) is 0 Å². The number of anilines is 1. The molecule has 0 fully saturated rings. The molecular weight excluding hydrogens is 300 g/mol. The van der Waals surface area contributed by atoms with Gasteiger partial charge in [-0.25, -0.2) is 0 Å². The predicted molar refractivity (Wildman–Crippen MR) is 94.9 cm³/mol. The molecule has 4 heteroatoms. The highest BCUT2D eigenvalue weighted by Gasteiger charge is 2.16. The number of para-hydroxylation sites is 1. The van der Waals surface area contributed by atoms with Crippen LogP contribution in [0.15, 0.2) is 73.1 Å². The van der Waals surface area contributed by atoms with Crippen LogP contribution in [0.25, 0.3) is 11.1 Å². The minimum absolute atomic E-state index is 0.162. The lowest BCUT2D eigenvalue weighted by Gasteiger charge is -2.06. The van der Waals surface area contributed by atoms with Gasteiger partial charge in [-0.05, 0) is 17.7 Å². The average Bonchev–Trinajstić information content (AvgIpc) is 3.06. The molecule has 0 aliphatic heterocycles. The van der Waals surface area contributed by atoms with E-state index < -0.39 is 0 Å². The van der Waals surface area contributed by atoms with Gasteiger partial charge in [0.2, 0.25) is 0 Å². The number of aldehydes is 1. The van der Waals surface area contributed by atoms with E-state index in [0.29, 0.717) is 18.5 Å². The van der Waals surface area contributed by atoms with Gasteiger partial charge >= 0.3 is 0 Å². The zero-order valence-corrected chi connectivity index (χ0v) is 13.2. The molecule has 3 rings (SSSR count). The van der Waals surface area contributed by atoms with E-state index in [1.165, 1.54) is 0 Å². The summed E-state index contributed by atoms with van der Waals surface area (Å²) in [6, 6.07) is 19.1. The van der Waals surface area contributed by atoms with E-state index >= 15 is 0 Å². The number of aromatic nitrogens is 1. The number of aryl methyl sites for hydroxylation is 1. The molecular formula is C20H18N2O2. The number of benzene rings is 2. The lowest BCUT2D eigenvalue weighted by molar-refractivity contribution is -0.108. The molecule has 1 heterocycles. The SMILES string of the molecule is O=CCCn1cc(C(=O)Nc2ccccc2)c(-c2ccccc2)c1. The summed E-state index contributed by atoms with van der Waals surface area (Å²) in [4.78, 5) is 23.3. The molecule has 120 valence electrons. The summed E-state index contributed by atoms with van der Waals surface area (Å²) < 4.78 is 1.89. The molecule has 0 saturated heterocycles. The Kier molecular flexibility index (Phi) is 4.87. The van der Waals surface area contributed by atoms with Crippen LogP contribution in [0.2, 0.25) is 0 Å². The summed E-state index contributed by atoms with van der Waals surface area (Å²) in [7, 11) is 0. The van der Waals surface area contributed by atoms with Crippen molar-refractivity contribution in [3.05, 3.63) is 78.6 Å². The van der Waals surface area contributed by atoms with Crippen molar-refractivity contribution in [2.75, 3.05) is 5.32 Å². The van der Waals surface area contributed by atoms with Crippen molar-refractivity contribution in [1.82, 2.24) is 4.57 Å². The maximum absolute atomic E-state index is 12.7. The Morgan fingerprint density at radius 3 is 2.29 bits per heavy atom. The Morgan fingerprint density at radius 2 is 1.62 bits per heavy atom. The summed E-state index contributed by atoms with van der Waals surface area (Å²) in [5, 5.41) is 2.92. The lowest BCUT2D eigenvalue weighted by Crippen LogP contribution is -2.12. The molecule has 0 atom stereocenters. The zero-order chi connectivity index (χ0) is 16.8. The number of nitrogens with zero attached hydrogens (tertiary/aromatic N) is 1. The summed E-state index contributed by atoms with van der Waals surface area (Å²) >= 11 is 0. The van der Waals surface area contributed by atoms with E-state index in [2.05, 4.69) is 5.32 Å². The number of hydrogen-bond donors (Lipinski definition) is 1. The van der Waals surface area contributed by atoms with Crippen LogP contribution in [0.5, 0.6) is 0 Å². The summed E-state index contributed by atoms with van der Waals surface area (Å²) in [5.74, 6) is -0.162. The Hall–Kier alpha value is -3.14. The van der Waals surface area contributed by atoms with E-state index in [-0.39, 0.29) is 5.91 Å². The first-order valence-electron chi connectivity index (χ1n) is 7.83. The lowest BCUT2D eigenvalue weighted by atomic mass is 10.0. The van der Waals surface area contributed by atoms with Gasteiger partial charge in [-0.1, -0.05) is 48.5 Å². The zero-order valence-electron chi connectivity index (χ0n) is 13.2. The van der Waals surface area contributed by atoms with Crippen molar-refractivity contribution < 1.29 is 9.59 Å². The van der Waals surface area contributed by atoms with Crippen LogP contribution in [0.3, 0.4) is 0 Å². The highest BCUT2D eigenvalue weighted by molar-refractivity contribution is 6.08. The van der Waals surface area contributed by atoms with Crippen molar-refractivity contribution in [3.8, 4) is 11.1 Å². The fraction of sp³-hybridized carbons (Fsp3) is 0.100. The maximum Gasteiger partial charge on any atom is 0.257 e. The smallest absolute Gasteiger partial charge is 0.257 e. The third kappa shape index (κ3) is 3.60. The predicted octanol–water partition coefficient (Wildman–Crippen LogP) is 4.00. The second kappa shape index (κ2) is 7.42. The number of amides is 1. The summed E-state index contributed by atoms with van der Waals surface area (Å²) in [5.41, 5.74) is 3.17. The van der Waals surface area contributed by atoms with Crippen LogP contribution in [0, 0.1) is 0 Å². The number of hydrogen-bond acceptors (Lipinski definition) is 2. The molecule has 1 amide bonds. The molecule has 0 bridgehead atoms. The van der Waals surface area contributed by atoms with Gasteiger partial charge in [-0.15, -0.1) is 0 Å². The van der Waals surface area contributed by atoms with E-state index in [1.807, 2.05) is 71.4 Å². The molecule has 0 unspecified atom stereocenters. The Labute approximate surface area is 140 Å². The maximum atomic E-state index is 12.7. The third-order valence-corrected chi connectivity index (χ3v) is 3.75. The molecule has 1 N–H and O–H groups in total. The normalized spacial score (nSPS) is 10.3. The quantitative estimate of drug-likeness (QED) is 0.699. The molecule has 3 aromatic rings. The topological polar surface area (TPSA) is 51.1 Å².